The van der Waals surface area contributed by atoms with Crippen LogP contribution in [-0.2, 0) is 21.4 Å². The number of benzene rings is 1. The summed E-state index contributed by atoms with van der Waals surface area (Å²) in [7, 11) is -1.88. The van der Waals surface area contributed by atoms with E-state index in [-0.39, 0.29) is 16.6 Å². The minimum Gasteiger partial charge on any atom is -0.340 e. The Balaban J connectivity index is 1.80. The number of amides is 1. The summed E-state index contributed by atoms with van der Waals surface area (Å²) in [5.74, 6) is 0.0488. The van der Waals surface area contributed by atoms with Gasteiger partial charge in [-0.05, 0) is 41.4 Å². The van der Waals surface area contributed by atoms with Crippen LogP contribution in [0, 0.1) is 0 Å². The summed E-state index contributed by atoms with van der Waals surface area (Å²) in [6.45, 7) is 2.16. The van der Waals surface area contributed by atoms with Crippen LogP contribution in [0.25, 0.3) is 0 Å². The molecule has 0 saturated carbocycles. The predicted octanol–water partition coefficient (Wildman–Crippen LogP) is 1.83. The van der Waals surface area contributed by atoms with Gasteiger partial charge in [-0.2, -0.15) is 11.3 Å². The van der Waals surface area contributed by atoms with Crippen LogP contribution in [0.3, 0.4) is 0 Å². The summed E-state index contributed by atoms with van der Waals surface area (Å²) in [5, 5.41) is 3.95. The third-order valence-electron chi connectivity index (χ3n) is 3.72. The number of rotatable bonds is 4. The summed E-state index contributed by atoms with van der Waals surface area (Å²) in [6, 6.07) is 7.88. The van der Waals surface area contributed by atoms with Gasteiger partial charge in [0.05, 0.1) is 4.90 Å². The van der Waals surface area contributed by atoms with Crippen molar-refractivity contribution >= 4 is 33.1 Å². The Morgan fingerprint density at radius 3 is 2.79 bits per heavy atom. The van der Waals surface area contributed by atoms with Gasteiger partial charge in [-0.3, -0.25) is 14.5 Å². The van der Waals surface area contributed by atoms with E-state index < -0.39 is 16.1 Å². The van der Waals surface area contributed by atoms with E-state index in [0.717, 1.165) is 5.56 Å². The van der Waals surface area contributed by atoms with Crippen molar-refractivity contribution in [1.29, 1.82) is 0 Å². The highest BCUT2D eigenvalue weighted by atomic mass is 32.2. The summed E-state index contributed by atoms with van der Waals surface area (Å²) < 4.78 is 26.6. The zero-order valence-corrected chi connectivity index (χ0v) is 14.9. The summed E-state index contributed by atoms with van der Waals surface area (Å²) in [6.07, 6.45) is 0. The molecule has 0 spiro atoms. The number of nitrogens with zero attached hydrogens (tertiary/aromatic N) is 2. The molecule has 1 aromatic carbocycles. The Kier molecular flexibility index (Phi) is 4.42. The number of aliphatic imine (C=N–C) groups is 1. The fourth-order valence-corrected chi connectivity index (χ4v) is 4.43. The Morgan fingerprint density at radius 2 is 2.08 bits per heavy atom. The van der Waals surface area contributed by atoms with Crippen molar-refractivity contribution in [1.82, 2.24) is 9.62 Å². The maximum Gasteiger partial charge on any atom is 0.263 e. The Morgan fingerprint density at radius 1 is 1.33 bits per heavy atom. The van der Waals surface area contributed by atoms with Gasteiger partial charge in [0.1, 0.15) is 11.9 Å². The smallest absolute Gasteiger partial charge is 0.263 e. The molecule has 0 saturated heterocycles. The fourth-order valence-electron chi connectivity index (χ4n) is 2.53. The molecule has 0 unspecified atom stereocenters. The van der Waals surface area contributed by atoms with E-state index >= 15 is 0 Å². The molecule has 1 aromatic heterocycles. The highest BCUT2D eigenvalue weighted by Gasteiger charge is 2.31. The van der Waals surface area contributed by atoms with Crippen molar-refractivity contribution < 1.29 is 13.2 Å². The average molecular weight is 363 g/mol. The van der Waals surface area contributed by atoms with Crippen molar-refractivity contribution in [3.05, 3.63) is 52.2 Å². The van der Waals surface area contributed by atoms with E-state index in [2.05, 4.69) is 9.71 Å². The maximum absolute atomic E-state index is 12.5. The molecule has 1 atom stereocenters. The van der Waals surface area contributed by atoms with E-state index in [1.165, 1.54) is 6.07 Å². The van der Waals surface area contributed by atoms with Gasteiger partial charge >= 0.3 is 0 Å². The minimum absolute atomic E-state index is 0.169. The van der Waals surface area contributed by atoms with Gasteiger partial charge in [-0.25, -0.2) is 8.42 Å². The molecule has 2 aromatic rings. The molecule has 126 valence electrons. The van der Waals surface area contributed by atoms with Crippen LogP contribution in [0.1, 0.15) is 18.1 Å². The lowest BCUT2D eigenvalue weighted by Crippen LogP contribution is -2.35. The summed E-state index contributed by atoms with van der Waals surface area (Å²) in [4.78, 5) is 18.6. The number of nitrogens with one attached hydrogen (secondary N) is 1. The Hall–Kier alpha value is -2.19. The van der Waals surface area contributed by atoms with Crippen LogP contribution in [0.15, 0.2) is 51.0 Å². The Bertz CT molecular complexity index is 889. The number of carbonyl (C=O) groups excluding carboxylic acids is 1. The van der Waals surface area contributed by atoms with E-state index in [9.17, 15) is 13.2 Å². The lowest BCUT2D eigenvalue weighted by molar-refractivity contribution is -0.131. The molecule has 2 heterocycles. The standard InChI is InChI=1S/C16H17N3O3S2/c1-11(16(20)19(2)9-12-7-8-23-10-12)17-15-13-5-3-4-6-14(13)24(21,22)18-15/h3-8,10-11H,9H2,1-2H3,(H,17,18)/t11-/m1/s1. The van der Waals surface area contributed by atoms with Gasteiger partial charge < -0.3 is 4.90 Å². The van der Waals surface area contributed by atoms with Crippen LogP contribution in [0.5, 0.6) is 0 Å². The van der Waals surface area contributed by atoms with Gasteiger partial charge in [-0.1, -0.05) is 12.1 Å². The number of sulfonamides is 1. The normalized spacial score (nSPS) is 18.0. The third kappa shape index (κ3) is 3.20. The average Bonchev–Trinajstić information content (AvgIpc) is 3.14. The first-order chi connectivity index (χ1) is 11.4. The zero-order valence-electron chi connectivity index (χ0n) is 13.3. The number of likely N-dealkylation sites (N-methyl/N-ethyl adjacent to an activating group) is 1. The molecule has 3 rings (SSSR count). The molecule has 1 N–H and O–H groups in total. The molecular formula is C16H17N3O3S2. The molecule has 0 radical (unpaired) electrons. The minimum atomic E-state index is -3.59. The number of hydrogen-bond donors (Lipinski definition) is 1. The van der Waals surface area contributed by atoms with Crippen LogP contribution in [-0.4, -0.2) is 38.2 Å². The summed E-state index contributed by atoms with van der Waals surface area (Å²) in [5.41, 5.74) is 1.56. The van der Waals surface area contributed by atoms with Crippen LogP contribution >= 0.6 is 11.3 Å². The lowest BCUT2D eigenvalue weighted by Gasteiger charge is -2.19. The van der Waals surface area contributed by atoms with Gasteiger partial charge in [0.25, 0.3) is 10.0 Å². The second kappa shape index (κ2) is 6.37. The van der Waals surface area contributed by atoms with Gasteiger partial charge in [0, 0.05) is 19.2 Å². The number of amidine groups is 1. The van der Waals surface area contributed by atoms with Crippen LogP contribution in [0.2, 0.25) is 0 Å². The first-order valence-electron chi connectivity index (χ1n) is 7.34. The quantitative estimate of drug-likeness (QED) is 0.900. The number of hydrogen-bond acceptors (Lipinski definition) is 5. The van der Waals surface area contributed by atoms with Gasteiger partial charge in [0.15, 0.2) is 0 Å². The fraction of sp³-hybridized carbons (Fsp3) is 0.250. The predicted molar refractivity (Wildman–Crippen MR) is 93.6 cm³/mol. The lowest BCUT2D eigenvalue weighted by atomic mass is 10.2. The highest BCUT2D eigenvalue weighted by Crippen LogP contribution is 2.22. The molecule has 0 fully saturated rings. The SMILES string of the molecule is C[C@@H](N=C1NS(=O)(=O)c2ccccc21)C(=O)N(C)Cc1ccsc1. The van der Waals surface area contributed by atoms with Crippen LogP contribution in [0.4, 0.5) is 0 Å². The van der Waals surface area contributed by atoms with Crippen molar-refractivity contribution in [3.63, 3.8) is 0 Å². The van der Waals surface area contributed by atoms with Crippen molar-refractivity contribution in [2.45, 2.75) is 24.4 Å². The van der Waals surface area contributed by atoms with Gasteiger partial charge in [-0.15, -0.1) is 0 Å². The first kappa shape index (κ1) is 16.7. The van der Waals surface area contributed by atoms with Crippen molar-refractivity contribution in [3.8, 4) is 0 Å². The van der Waals surface area contributed by atoms with E-state index in [1.54, 1.807) is 48.4 Å². The van der Waals surface area contributed by atoms with E-state index in [1.807, 2.05) is 16.8 Å². The maximum atomic E-state index is 12.5. The molecule has 6 nitrogen and oxygen atoms in total. The molecule has 0 bridgehead atoms. The number of carbonyl (C=O) groups is 1. The molecule has 8 heteroatoms. The van der Waals surface area contributed by atoms with Crippen molar-refractivity contribution in [2.75, 3.05) is 7.05 Å². The van der Waals surface area contributed by atoms with Crippen LogP contribution < -0.4 is 4.72 Å². The molecular weight excluding hydrogens is 346 g/mol. The number of fused-ring (bicyclic) bond motifs is 1. The summed E-state index contributed by atoms with van der Waals surface area (Å²) >= 11 is 1.58. The van der Waals surface area contributed by atoms with Crippen molar-refractivity contribution in [2.24, 2.45) is 4.99 Å². The molecule has 24 heavy (non-hydrogen) atoms. The molecule has 1 aliphatic rings. The second-order valence-corrected chi connectivity index (χ2v) is 8.01. The van der Waals surface area contributed by atoms with Gasteiger partial charge in [0.2, 0.25) is 5.91 Å². The van der Waals surface area contributed by atoms with E-state index in [4.69, 9.17) is 0 Å². The highest BCUT2D eigenvalue weighted by molar-refractivity contribution is 7.90. The molecule has 1 amide bonds. The second-order valence-electron chi connectivity index (χ2n) is 5.58. The topological polar surface area (TPSA) is 78.8 Å². The first-order valence-corrected chi connectivity index (χ1v) is 9.77. The molecule has 0 aliphatic carbocycles. The largest absolute Gasteiger partial charge is 0.340 e. The third-order valence-corrected chi connectivity index (χ3v) is 5.85. The van der Waals surface area contributed by atoms with E-state index in [0.29, 0.717) is 12.1 Å². The molecule has 1 aliphatic heterocycles. The Labute approximate surface area is 144 Å². The zero-order chi connectivity index (χ0) is 17.3. The number of thiophene rings is 1. The monoisotopic (exact) mass is 363 g/mol.